The normalized spacial score (nSPS) is 25.7. The molecule has 0 amide bonds. The summed E-state index contributed by atoms with van der Waals surface area (Å²) in [5.41, 5.74) is 0. The van der Waals surface area contributed by atoms with Gasteiger partial charge in [0.2, 0.25) is 0 Å². The van der Waals surface area contributed by atoms with Crippen molar-refractivity contribution in [1.29, 1.82) is 0 Å². The van der Waals surface area contributed by atoms with Crippen molar-refractivity contribution in [3.8, 4) is 0 Å². The first-order chi connectivity index (χ1) is 20.1. The summed E-state index contributed by atoms with van der Waals surface area (Å²) >= 11 is 21.9. The Morgan fingerprint density at radius 2 is 1.02 bits per heavy atom. The molecule has 0 saturated carbocycles. The number of hydrogen-bond acceptors (Lipinski definition) is 12. The van der Waals surface area contributed by atoms with Gasteiger partial charge in [-0.15, -0.1) is 15.3 Å². The van der Waals surface area contributed by atoms with Gasteiger partial charge < -0.3 is 28.4 Å². The van der Waals surface area contributed by atoms with Gasteiger partial charge in [-0.25, -0.2) is 0 Å². The molecule has 1 aliphatic heterocycles. The molecule has 1 rings (SSSR count). The third-order valence-corrected chi connectivity index (χ3v) is 23.1. The highest BCUT2D eigenvalue weighted by Gasteiger charge is 2.61. The fourth-order valence-corrected chi connectivity index (χ4v) is 21.3. The maximum atomic E-state index is 7.36. The van der Waals surface area contributed by atoms with E-state index in [1.807, 2.05) is 0 Å². The van der Waals surface area contributed by atoms with Gasteiger partial charge in [0.05, 0.1) is 0 Å². The lowest BCUT2D eigenvalue weighted by Crippen LogP contribution is -2.41. The molecule has 3 atom stereocenters. The molecule has 246 valence electrons. The van der Waals surface area contributed by atoms with Gasteiger partial charge >= 0.3 is 14.1 Å². The minimum atomic E-state index is -2.71. The molecular formula is C21H51Cl3N6O6P3Si3+3. The molecular weight excluding hydrogens is 716 g/mol. The zero-order valence-corrected chi connectivity index (χ0v) is 33.6. The number of ether oxygens (including phenoxy) is 6. The predicted octanol–water partition coefficient (Wildman–Crippen LogP) is 4.03. The van der Waals surface area contributed by atoms with E-state index in [-0.39, 0.29) is 17.7 Å². The van der Waals surface area contributed by atoms with Crippen LogP contribution >= 0.6 is 54.8 Å². The van der Waals surface area contributed by atoms with Gasteiger partial charge in [-0.05, 0) is 19.3 Å². The molecule has 1 aliphatic rings. The van der Waals surface area contributed by atoms with E-state index in [0.29, 0.717) is 41.6 Å². The second-order valence-corrected chi connectivity index (χ2v) is 25.2. The molecule has 1 saturated heterocycles. The summed E-state index contributed by atoms with van der Waals surface area (Å²) in [4.78, 5) is 7.20. The van der Waals surface area contributed by atoms with Crippen LogP contribution in [0.4, 0.5) is 0 Å². The predicted molar refractivity (Wildman–Crippen MR) is 185 cm³/mol. The van der Waals surface area contributed by atoms with Crippen LogP contribution in [0.25, 0.3) is 0 Å². The third-order valence-electron chi connectivity index (χ3n) is 5.84. The quantitative estimate of drug-likeness (QED) is 0.0368. The number of rotatable bonds is 24. The molecule has 0 spiro atoms. The van der Waals surface area contributed by atoms with Crippen LogP contribution in [-0.2, 0) is 28.4 Å². The van der Waals surface area contributed by atoms with Crippen LogP contribution in [0.1, 0.15) is 25.7 Å². The first-order valence-corrected chi connectivity index (χ1v) is 25.9. The molecule has 0 aliphatic carbocycles. The van der Waals surface area contributed by atoms with Crippen molar-refractivity contribution in [1.82, 2.24) is 30.1 Å². The lowest BCUT2D eigenvalue weighted by Gasteiger charge is -2.26. The van der Waals surface area contributed by atoms with Crippen molar-refractivity contribution in [2.24, 2.45) is 0 Å². The first-order valence-electron chi connectivity index (χ1n) is 13.8. The Balaban J connectivity index is 2.84. The van der Waals surface area contributed by atoms with Crippen LogP contribution in [0, 0.1) is 0 Å². The van der Waals surface area contributed by atoms with E-state index in [1.54, 1.807) is 42.7 Å². The van der Waals surface area contributed by atoms with E-state index in [2.05, 4.69) is 30.1 Å². The first kappa shape index (κ1) is 42.4. The van der Waals surface area contributed by atoms with Crippen LogP contribution in [0.3, 0.4) is 0 Å². The Hall–Kier alpha value is 2.33. The lowest BCUT2D eigenvalue weighted by molar-refractivity contribution is -0.0442. The summed E-state index contributed by atoms with van der Waals surface area (Å²) in [6.07, 6.45) is 4.39. The highest BCUT2D eigenvalue weighted by Crippen LogP contribution is 2.74. The topological polar surface area (TPSA) is 128 Å². The smallest absolute Gasteiger partial charge is 0.360 e. The molecule has 21 heteroatoms. The SMILES string of the molecule is COC(OC)[Si]CCCN[P+]1(Cl)CCCN[P+](Cl)(NCCC[Si]C(OC)OC)N[P+](Cl)(NCCC[Si]C(OC)OC)N1. The molecule has 12 nitrogen and oxygen atoms in total. The number of nitrogens with one attached hydrogen (secondary N) is 6. The average Bonchev–Trinajstić information content (AvgIpc) is 3.01. The van der Waals surface area contributed by atoms with Crippen LogP contribution in [0.15, 0.2) is 0 Å². The molecule has 3 unspecified atom stereocenters. The molecule has 1 heterocycles. The Labute approximate surface area is 277 Å². The van der Waals surface area contributed by atoms with Gasteiger partial charge in [-0.2, -0.15) is 5.09 Å². The van der Waals surface area contributed by atoms with Crippen LogP contribution in [0.2, 0.25) is 18.1 Å². The number of methoxy groups -OCH3 is 6. The van der Waals surface area contributed by atoms with Crippen molar-refractivity contribution < 1.29 is 28.4 Å². The van der Waals surface area contributed by atoms with Gasteiger partial charge in [-0.3, -0.25) is 0 Å². The van der Waals surface area contributed by atoms with E-state index in [9.17, 15) is 0 Å². The number of halogens is 3. The zero-order valence-electron chi connectivity index (χ0n) is 25.6. The van der Waals surface area contributed by atoms with Gasteiger partial charge in [0.15, 0.2) is 22.5 Å². The molecule has 6 radical (unpaired) electrons. The van der Waals surface area contributed by atoms with Gasteiger partial charge in [0.25, 0.3) is 6.92 Å². The second-order valence-electron chi connectivity index (χ2n) is 9.14. The fourth-order valence-electron chi connectivity index (χ4n) is 3.76. The Morgan fingerprint density at radius 3 is 1.45 bits per heavy atom. The summed E-state index contributed by atoms with van der Waals surface area (Å²) in [6, 6.07) is 2.90. The second kappa shape index (κ2) is 24.5. The molecule has 6 N–H and O–H groups in total. The standard InChI is InChI=1S/C21H51Cl3N6O6P3Si3/c1-31-19(32-2)40-16-8-12-25-37(22)15-7-11-26-38(23,27-13-9-17-41-20(33-3)34-4)30-39(24,29-37)28-14-10-18-42-21(35-5)36-6/h19-21,25-30H,7-18H2,1-6H3/q+3. The summed E-state index contributed by atoms with van der Waals surface area (Å²) in [7, 11) is 6.38. The molecule has 1 fully saturated rings. The van der Waals surface area contributed by atoms with E-state index in [4.69, 9.17) is 62.1 Å². The minimum absolute atomic E-state index is 0.160. The van der Waals surface area contributed by atoms with Gasteiger partial charge in [0.1, 0.15) is 63.7 Å². The van der Waals surface area contributed by atoms with Crippen molar-refractivity contribution in [3.63, 3.8) is 0 Å². The van der Waals surface area contributed by atoms with Crippen molar-refractivity contribution in [2.75, 3.05) is 75.0 Å². The van der Waals surface area contributed by atoms with Gasteiger partial charge in [-0.1, -0.05) is 18.1 Å². The van der Waals surface area contributed by atoms with E-state index in [1.165, 1.54) is 0 Å². The Kier molecular flexibility index (Phi) is 24.7. The summed E-state index contributed by atoms with van der Waals surface area (Å²) in [5.74, 6) is -0.509. The lowest BCUT2D eigenvalue weighted by atomic mass is 10.5. The van der Waals surface area contributed by atoms with E-state index < -0.39 is 21.1 Å². The van der Waals surface area contributed by atoms with E-state index in [0.717, 1.165) is 63.1 Å². The highest BCUT2D eigenvalue weighted by molar-refractivity contribution is 8.12. The van der Waals surface area contributed by atoms with Crippen LogP contribution in [0.5, 0.6) is 0 Å². The highest BCUT2D eigenvalue weighted by atomic mass is 35.7. The molecule has 0 aromatic carbocycles. The molecule has 42 heavy (non-hydrogen) atoms. The fraction of sp³-hybridized carbons (Fsp3) is 1.00. The van der Waals surface area contributed by atoms with Crippen LogP contribution < -0.4 is 30.1 Å². The molecule has 0 aromatic rings. The van der Waals surface area contributed by atoms with Crippen LogP contribution in [-0.4, -0.2) is 121 Å². The Bertz CT molecular complexity index is 656. The summed E-state index contributed by atoms with van der Waals surface area (Å²) in [6.45, 7) is 0.567. The molecule has 0 aromatic heterocycles. The average molecular weight is 767 g/mol. The van der Waals surface area contributed by atoms with Crippen molar-refractivity contribution >= 4 is 83.3 Å². The number of hydrogen-bond donors (Lipinski definition) is 6. The maximum absolute atomic E-state index is 7.36. The van der Waals surface area contributed by atoms with Crippen molar-refractivity contribution in [2.45, 2.75) is 61.6 Å². The monoisotopic (exact) mass is 765 g/mol. The maximum Gasteiger partial charge on any atom is 0.397 e. The third kappa shape index (κ3) is 18.6. The summed E-state index contributed by atoms with van der Waals surface area (Å²) in [5, 5.41) is 14.2. The molecule has 0 bridgehead atoms. The Morgan fingerprint density at radius 1 is 0.619 bits per heavy atom. The van der Waals surface area contributed by atoms with E-state index >= 15 is 0 Å². The minimum Gasteiger partial charge on any atom is -0.360 e. The zero-order chi connectivity index (χ0) is 31.3. The summed E-state index contributed by atoms with van der Waals surface area (Å²) < 4.78 is 31.9. The van der Waals surface area contributed by atoms with Gasteiger partial charge in [0, 0.05) is 85.0 Å². The largest absolute Gasteiger partial charge is 0.397 e. The van der Waals surface area contributed by atoms with Crippen molar-refractivity contribution in [3.05, 3.63) is 0 Å².